The minimum atomic E-state index is -0.401. The van der Waals surface area contributed by atoms with Gasteiger partial charge in [0.25, 0.3) is 5.91 Å². The van der Waals surface area contributed by atoms with Crippen LogP contribution in [0.2, 0.25) is 0 Å². The molecule has 22 heavy (non-hydrogen) atoms. The molecular weight excluding hydrogens is 416 g/mol. The fourth-order valence-electron chi connectivity index (χ4n) is 1.74. The number of carbonyl (C=O) groups is 1. The van der Waals surface area contributed by atoms with Crippen molar-refractivity contribution >= 4 is 44.0 Å². The number of rotatable bonds is 4. The number of ether oxygens (including phenoxy) is 1. The highest BCUT2D eigenvalue weighted by Crippen LogP contribution is 2.30. The molecule has 0 unspecified atom stereocenters. The van der Waals surface area contributed by atoms with E-state index in [0.29, 0.717) is 21.3 Å². The van der Waals surface area contributed by atoms with E-state index in [4.69, 9.17) is 4.74 Å². The van der Waals surface area contributed by atoms with Crippen LogP contribution in [0.5, 0.6) is 11.5 Å². The van der Waals surface area contributed by atoms with Crippen LogP contribution in [0.1, 0.15) is 15.9 Å². The molecule has 0 atom stereocenters. The van der Waals surface area contributed by atoms with Gasteiger partial charge in [0.05, 0.1) is 23.4 Å². The smallest absolute Gasteiger partial charge is 0.275 e. The van der Waals surface area contributed by atoms with Crippen LogP contribution in [0.25, 0.3) is 0 Å². The van der Waals surface area contributed by atoms with Crippen molar-refractivity contribution in [1.29, 1.82) is 0 Å². The van der Waals surface area contributed by atoms with Crippen molar-refractivity contribution in [3.8, 4) is 11.5 Å². The van der Waals surface area contributed by atoms with E-state index >= 15 is 0 Å². The number of carbonyl (C=O) groups excluding carboxylic acids is 1. The Bertz CT molecular complexity index is 733. The van der Waals surface area contributed by atoms with Crippen LogP contribution in [0.15, 0.2) is 50.4 Å². The number of phenols is 1. The van der Waals surface area contributed by atoms with Crippen molar-refractivity contribution in [2.75, 3.05) is 7.11 Å². The number of hydrazone groups is 1. The van der Waals surface area contributed by atoms with Gasteiger partial charge < -0.3 is 9.84 Å². The second-order valence-corrected chi connectivity index (χ2v) is 5.99. The third-order valence-corrected chi connectivity index (χ3v) is 3.84. The van der Waals surface area contributed by atoms with Crippen molar-refractivity contribution in [1.82, 2.24) is 5.43 Å². The predicted octanol–water partition coefficient (Wildman–Crippen LogP) is 3.69. The summed E-state index contributed by atoms with van der Waals surface area (Å²) in [6, 6.07) is 10.2. The summed E-state index contributed by atoms with van der Waals surface area (Å²) in [5, 5.41) is 13.7. The highest BCUT2D eigenvalue weighted by molar-refractivity contribution is 9.11. The van der Waals surface area contributed by atoms with Crippen molar-refractivity contribution in [3.63, 3.8) is 0 Å². The molecule has 0 aliphatic rings. The average Bonchev–Trinajstić information content (AvgIpc) is 2.51. The Labute approximate surface area is 144 Å². The maximum Gasteiger partial charge on any atom is 0.275 e. The molecule has 0 heterocycles. The van der Waals surface area contributed by atoms with E-state index < -0.39 is 5.91 Å². The highest BCUT2D eigenvalue weighted by atomic mass is 79.9. The number of phenolic OH excluding ortho intramolecular Hbond substituents is 1. The number of para-hydroxylation sites is 1. The summed E-state index contributed by atoms with van der Waals surface area (Å²) in [5.41, 5.74) is 3.23. The molecule has 0 spiro atoms. The van der Waals surface area contributed by atoms with Crippen LogP contribution < -0.4 is 10.2 Å². The first-order valence-electron chi connectivity index (χ1n) is 6.17. The molecule has 2 rings (SSSR count). The maximum absolute atomic E-state index is 12.0. The van der Waals surface area contributed by atoms with E-state index in [1.54, 1.807) is 36.4 Å². The topological polar surface area (TPSA) is 70.9 Å². The molecule has 0 saturated heterocycles. The second kappa shape index (κ2) is 7.42. The molecular formula is C15H12Br2N2O3. The van der Waals surface area contributed by atoms with Gasteiger partial charge in [-0.3, -0.25) is 4.79 Å². The van der Waals surface area contributed by atoms with Crippen LogP contribution >= 0.6 is 31.9 Å². The summed E-state index contributed by atoms with van der Waals surface area (Å²) in [6.45, 7) is 0. The molecule has 2 aromatic rings. The van der Waals surface area contributed by atoms with Gasteiger partial charge in [0.15, 0.2) is 0 Å². The number of hydrogen-bond acceptors (Lipinski definition) is 4. The summed E-state index contributed by atoms with van der Waals surface area (Å²) in [4.78, 5) is 12.0. The fraction of sp³-hybridized carbons (Fsp3) is 0.0667. The van der Waals surface area contributed by atoms with Crippen molar-refractivity contribution in [3.05, 3.63) is 56.5 Å². The van der Waals surface area contributed by atoms with Gasteiger partial charge >= 0.3 is 0 Å². The van der Waals surface area contributed by atoms with Crippen LogP contribution in [-0.4, -0.2) is 24.3 Å². The number of halogens is 2. The molecule has 1 amide bonds. The molecule has 0 aliphatic carbocycles. The normalized spacial score (nSPS) is 10.7. The minimum Gasteiger partial charge on any atom is -0.506 e. The van der Waals surface area contributed by atoms with E-state index in [-0.39, 0.29) is 5.75 Å². The molecule has 0 aliphatic heterocycles. The Morgan fingerprint density at radius 1 is 1.32 bits per heavy atom. The van der Waals surface area contributed by atoms with E-state index in [0.717, 1.165) is 4.47 Å². The third kappa shape index (κ3) is 3.86. The lowest BCUT2D eigenvalue weighted by Crippen LogP contribution is -2.18. The van der Waals surface area contributed by atoms with Crippen molar-refractivity contribution in [2.24, 2.45) is 5.10 Å². The Morgan fingerprint density at radius 3 is 2.77 bits per heavy atom. The van der Waals surface area contributed by atoms with Gasteiger partial charge in [-0.2, -0.15) is 5.10 Å². The summed E-state index contributed by atoms with van der Waals surface area (Å²) in [7, 11) is 1.49. The Kier molecular flexibility index (Phi) is 5.57. The van der Waals surface area contributed by atoms with Gasteiger partial charge in [0.2, 0.25) is 0 Å². The minimum absolute atomic E-state index is 0.0403. The maximum atomic E-state index is 12.0. The Morgan fingerprint density at radius 2 is 2.05 bits per heavy atom. The van der Waals surface area contributed by atoms with Gasteiger partial charge in [-0.15, -0.1) is 0 Å². The van der Waals surface area contributed by atoms with E-state index in [1.807, 2.05) is 0 Å². The van der Waals surface area contributed by atoms with Crippen molar-refractivity contribution in [2.45, 2.75) is 0 Å². The molecule has 0 bridgehead atoms. The summed E-state index contributed by atoms with van der Waals surface area (Å²) < 4.78 is 6.42. The Hall–Kier alpha value is -1.86. The summed E-state index contributed by atoms with van der Waals surface area (Å²) >= 11 is 6.54. The predicted molar refractivity (Wildman–Crippen MR) is 91.6 cm³/mol. The van der Waals surface area contributed by atoms with Crippen LogP contribution in [0.3, 0.4) is 0 Å². The first-order chi connectivity index (χ1) is 10.5. The molecule has 0 aromatic heterocycles. The van der Waals surface area contributed by atoms with E-state index in [2.05, 4.69) is 42.4 Å². The first-order valence-corrected chi connectivity index (χ1v) is 7.76. The summed E-state index contributed by atoms with van der Waals surface area (Å²) in [6.07, 6.45) is 1.36. The number of hydrogen-bond donors (Lipinski definition) is 2. The van der Waals surface area contributed by atoms with Crippen LogP contribution in [-0.2, 0) is 0 Å². The van der Waals surface area contributed by atoms with Gasteiger partial charge in [-0.1, -0.05) is 28.1 Å². The number of methoxy groups -OCH3 is 1. The molecule has 2 N–H and O–H groups in total. The van der Waals surface area contributed by atoms with Gasteiger partial charge in [-0.05, 0) is 40.2 Å². The zero-order valence-corrected chi connectivity index (χ0v) is 14.7. The van der Waals surface area contributed by atoms with E-state index in [1.165, 1.54) is 13.3 Å². The van der Waals surface area contributed by atoms with Gasteiger partial charge in [-0.25, -0.2) is 5.43 Å². The quantitative estimate of drug-likeness (QED) is 0.577. The first kappa shape index (κ1) is 16.5. The average molecular weight is 428 g/mol. The number of nitrogens with zero attached hydrogens (tertiary/aromatic N) is 1. The standard InChI is InChI=1S/C15H12Br2N2O3/c1-22-13-5-3-2-4-11(13)15(21)19-18-8-9-6-10(16)7-12(17)14(9)20/h2-8,20H,1H3,(H,19,21). The molecule has 2 aromatic carbocycles. The van der Waals surface area contributed by atoms with E-state index in [9.17, 15) is 9.90 Å². The lowest BCUT2D eigenvalue weighted by Gasteiger charge is -2.06. The highest BCUT2D eigenvalue weighted by Gasteiger charge is 2.10. The number of nitrogens with one attached hydrogen (secondary N) is 1. The lowest BCUT2D eigenvalue weighted by molar-refractivity contribution is 0.0952. The second-order valence-electron chi connectivity index (χ2n) is 4.22. The van der Waals surface area contributed by atoms with Crippen LogP contribution in [0.4, 0.5) is 0 Å². The molecule has 0 fully saturated rings. The summed E-state index contributed by atoms with van der Waals surface area (Å²) in [5.74, 6) is 0.101. The largest absolute Gasteiger partial charge is 0.506 e. The zero-order chi connectivity index (χ0) is 16.1. The molecule has 0 saturated carbocycles. The van der Waals surface area contributed by atoms with Crippen LogP contribution in [0, 0.1) is 0 Å². The number of amides is 1. The van der Waals surface area contributed by atoms with Gasteiger partial charge in [0.1, 0.15) is 11.5 Å². The molecule has 7 heteroatoms. The fourth-order valence-corrected chi connectivity index (χ4v) is 3.00. The van der Waals surface area contributed by atoms with Crippen molar-refractivity contribution < 1.29 is 14.6 Å². The monoisotopic (exact) mass is 426 g/mol. The molecule has 0 radical (unpaired) electrons. The molecule has 5 nitrogen and oxygen atoms in total. The van der Waals surface area contributed by atoms with Gasteiger partial charge in [0, 0.05) is 10.0 Å². The third-order valence-electron chi connectivity index (χ3n) is 2.78. The number of aromatic hydroxyl groups is 1. The lowest BCUT2D eigenvalue weighted by atomic mass is 10.2. The Balaban J connectivity index is 2.14. The molecule has 114 valence electrons. The number of benzene rings is 2. The zero-order valence-electron chi connectivity index (χ0n) is 11.5. The SMILES string of the molecule is COc1ccccc1C(=O)NN=Cc1cc(Br)cc(Br)c1O.